The fraction of sp³-hybridized carbons (Fsp3) is 0.571. The van der Waals surface area contributed by atoms with Gasteiger partial charge in [-0.3, -0.25) is 0 Å². The molecule has 0 bridgehead atoms. The van der Waals surface area contributed by atoms with Crippen LogP contribution in [0.5, 0.6) is 0 Å². The summed E-state index contributed by atoms with van der Waals surface area (Å²) in [4.78, 5) is 0. The van der Waals surface area contributed by atoms with Gasteiger partial charge in [-0.15, -0.1) is 0 Å². The largest absolute Gasteiger partial charge is 0.378 e. The third-order valence-electron chi connectivity index (χ3n) is 4.41. The Hall–Kier alpha value is -0.540. The van der Waals surface area contributed by atoms with E-state index >= 15 is 0 Å². The van der Waals surface area contributed by atoms with Gasteiger partial charge in [-0.2, -0.15) is 0 Å². The van der Waals surface area contributed by atoms with Gasteiger partial charge in [-0.05, 0) is 49.3 Å². The smallest absolute Gasteiger partial charge is 0.0526 e. The normalized spacial score (nSPS) is 35.2. The summed E-state index contributed by atoms with van der Waals surface area (Å²) in [6.07, 6.45) is 5.32. The van der Waals surface area contributed by atoms with E-state index in [0.29, 0.717) is 0 Å². The Kier molecular flexibility index (Phi) is 2.91. The van der Waals surface area contributed by atoms with Crippen molar-refractivity contribution in [3.63, 3.8) is 0 Å². The molecule has 0 heterocycles. The van der Waals surface area contributed by atoms with Gasteiger partial charge in [-0.1, -0.05) is 28.4 Å². The second-order valence-corrected chi connectivity index (χ2v) is 6.41. The lowest BCUT2D eigenvalue weighted by Gasteiger charge is -2.38. The number of anilines is 1. The molecule has 2 aliphatic rings. The van der Waals surface area contributed by atoms with Crippen LogP contribution in [-0.4, -0.2) is 12.1 Å². The SMILES string of the molecule is NCC1(Nc2cccc(Br)c2)CCCC2CC21. The molecule has 0 saturated heterocycles. The molecule has 0 spiro atoms. The highest BCUT2D eigenvalue weighted by Gasteiger charge is 2.54. The minimum atomic E-state index is 0.156. The third kappa shape index (κ3) is 2.11. The highest BCUT2D eigenvalue weighted by Crippen LogP contribution is 2.55. The molecule has 17 heavy (non-hydrogen) atoms. The van der Waals surface area contributed by atoms with E-state index in [0.717, 1.165) is 22.9 Å². The molecule has 92 valence electrons. The summed E-state index contributed by atoms with van der Waals surface area (Å²) < 4.78 is 1.12. The maximum Gasteiger partial charge on any atom is 0.0526 e. The molecule has 2 nitrogen and oxygen atoms in total. The third-order valence-corrected chi connectivity index (χ3v) is 4.91. The zero-order valence-corrected chi connectivity index (χ0v) is 11.5. The van der Waals surface area contributed by atoms with Crippen molar-refractivity contribution < 1.29 is 0 Å². The van der Waals surface area contributed by atoms with Crippen molar-refractivity contribution in [2.75, 3.05) is 11.9 Å². The summed E-state index contributed by atoms with van der Waals surface area (Å²) in [6.45, 7) is 0.751. The standard InChI is InChI=1S/C14H19BrN2/c15-11-4-1-5-12(8-11)17-14(9-16)6-2-3-10-7-13(10)14/h1,4-5,8,10,13,17H,2-3,6-7,9,16H2. The Morgan fingerprint density at radius 2 is 2.35 bits per heavy atom. The van der Waals surface area contributed by atoms with Crippen molar-refractivity contribution in [1.82, 2.24) is 0 Å². The molecule has 0 aliphatic heterocycles. The van der Waals surface area contributed by atoms with Gasteiger partial charge in [-0.25, -0.2) is 0 Å². The number of benzene rings is 1. The summed E-state index contributed by atoms with van der Waals surface area (Å²) in [7, 11) is 0. The molecular weight excluding hydrogens is 276 g/mol. The van der Waals surface area contributed by atoms with E-state index < -0.39 is 0 Å². The molecule has 1 aromatic carbocycles. The van der Waals surface area contributed by atoms with Crippen molar-refractivity contribution in [2.24, 2.45) is 17.6 Å². The summed E-state index contributed by atoms with van der Waals surface area (Å²) >= 11 is 3.52. The van der Waals surface area contributed by atoms with Crippen molar-refractivity contribution in [3.8, 4) is 0 Å². The summed E-state index contributed by atoms with van der Waals surface area (Å²) in [6, 6.07) is 8.41. The van der Waals surface area contributed by atoms with E-state index in [9.17, 15) is 0 Å². The van der Waals surface area contributed by atoms with Gasteiger partial charge in [0.05, 0.1) is 5.54 Å². The lowest BCUT2D eigenvalue weighted by molar-refractivity contribution is 0.309. The van der Waals surface area contributed by atoms with E-state index in [4.69, 9.17) is 5.73 Å². The average molecular weight is 295 g/mol. The van der Waals surface area contributed by atoms with Crippen LogP contribution >= 0.6 is 15.9 Å². The van der Waals surface area contributed by atoms with Crippen LogP contribution < -0.4 is 11.1 Å². The fourth-order valence-corrected chi connectivity index (χ4v) is 3.82. The maximum atomic E-state index is 6.07. The molecule has 3 atom stereocenters. The molecule has 0 amide bonds. The average Bonchev–Trinajstić information content (AvgIpc) is 3.09. The van der Waals surface area contributed by atoms with E-state index in [2.05, 4.69) is 45.5 Å². The van der Waals surface area contributed by atoms with E-state index in [1.807, 2.05) is 0 Å². The topological polar surface area (TPSA) is 38.0 Å². The number of halogens is 1. The second kappa shape index (κ2) is 4.29. The van der Waals surface area contributed by atoms with Crippen LogP contribution in [0.2, 0.25) is 0 Å². The maximum absolute atomic E-state index is 6.07. The van der Waals surface area contributed by atoms with Crippen molar-refractivity contribution in [1.29, 1.82) is 0 Å². The molecular formula is C14H19BrN2. The van der Waals surface area contributed by atoms with E-state index in [-0.39, 0.29) is 5.54 Å². The molecule has 2 fully saturated rings. The first-order valence-corrected chi connectivity index (χ1v) is 7.27. The molecule has 1 aromatic rings. The Balaban J connectivity index is 1.82. The van der Waals surface area contributed by atoms with E-state index in [1.54, 1.807) is 0 Å². The first kappa shape index (κ1) is 11.5. The first-order chi connectivity index (χ1) is 8.23. The van der Waals surface area contributed by atoms with E-state index in [1.165, 1.54) is 31.4 Å². The number of rotatable bonds is 3. The van der Waals surface area contributed by atoms with Crippen LogP contribution in [-0.2, 0) is 0 Å². The van der Waals surface area contributed by atoms with Crippen molar-refractivity contribution in [3.05, 3.63) is 28.7 Å². The quantitative estimate of drug-likeness (QED) is 0.897. The fourth-order valence-electron chi connectivity index (χ4n) is 3.42. The monoisotopic (exact) mass is 294 g/mol. The predicted molar refractivity (Wildman–Crippen MR) is 75.0 cm³/mol. The molecule has 2 aliphatic carbocycles. The summed E-state index contributed by atoms with van der Waals surface area (Å²) in [5.74, 6) is 1.74. The van der Waals surface area contributed by atoms with Gasteiger partial charge in [0.15, 0.2) is 0 Å². The van der Waals surface area contributed by atoms with Crippen LogP contribution in [0.4, 0.5) is 5.69 Å². The zero-order valence-electron chi connectivity index (χ0n) is 9.95. The van der Waals surface area contributed by atoms with Crippen molar-refractivity contribution >= 4 is 21.6 Å². The minimum Gasteiger partial charge on any atom is -0.378 e. The molecule has 3 unspecified atom stereocenters. The number of hydrogen-bond acceptors (Lipinski definition) is 2. The van der Waals surface area contributed by atoms with Gasteiger partial charge in [0.2, 0.25) is 0 Å². The summed E-state index contributed by atoms with van der Waals surface area (Å²) in [5.41, 5.74) is 7.42. The number of nitrogens with one attached hydrogen (secondary N) is 1. The van der Waals surface area contributed by atoms with Gasteiger partial charge in [0, 0.05) is 16.7 Å². The number of hydrogen-bond donors (Lipinski definition) is 2. The summed E-state index contributed by atoms with van der Waals surface area (Å²) in [5, 5.41) is 3.72. The van der Waals surface area contributed by atoms with Crippen LogP contribution in [0.3, 0.4) is 0 Å². The van der Waals surface area contributed by atoms with Crippen LogP contribution in [0.25, 0.3) is 0 Å². The van der Waals surface area contributed by atoms with Crippen LogP contribution in [0.15, 0.2) is 28.7 Å². The lowest BCUT2D eigenvalue weighted by Crippen LogP contribution is -2.49. The van der Waals surface area contributed by atoms with Gasteiger partial charge in [0.25, 0.3) is 0 Å². The second-order valence-electron chi connectivity index (χ2n) is 5.49. The van der Waals surface area contributed by atoms with Gasteiger partial charge >= 0.3 is 0 Å². The number of nitrogens with two attached hydrogens (primary N) is 1. The minimum absolute atomic E-state index is 0.156. The highest BCUT2D eigenvalue weighted by molar-refractivity contribution is 9.10. The Morgan fingerprint density at radius 3 is 3.12 bits per heavy atom. The Bertz CT molecular complexity index is 420. The molecule has 0 radical (unpaired) electrons. The molecule has 3 N–H and O–H groups in total. The van der Waals surface area contributed by atoms with Crippen LogP contribution in [0.1, 0.15) is 25.7 Å². The zero-order chi connectivity index (χ0) is 11.9. The first-order valence-electron chi connectivity index (χ1n) is 6.47. The van der Waals surface area contributed by atoms with Gasteiger partial charge in [0.1, 0.15) is 0 Å². The molecule has 0 aromatic heterocycles. The highest BCUT2D eigenvalue weighted by atomic mass is 79.9. The lowest BCUT2D eigenvalue weighted by atomic mass is 9.81. The molecule has 3 rings (SSSR count). The molecule has 3 heteroatoms. The van der Waals surface area contributed by atoms with Gasteiger partial charge < -0.3 is 11.1 Å². The molecule has 2 saturated carbocycles. The Morgan fingerprint density at radius 1 is 1.47 bits per heavy atom. The van der Waals surface area contributed by atoms with Crippen molar-refractivity contribution in [2.45, 2.75) is 31.2 Å². The number of fused-ring (bicyclic) bond motifs is 1. The van der Waals surface area contributed by atoms with Crippen LogP contribution in [0, 0.1) is 11.8 Å². The Labute approximate surface area is 111 Å². The predicted octanol–water partition coefficient (Wildman–Crippen LogP) is 3.38.